The van der Waals surface area contributed by atoms with Crippen molar-refractivity contribution in [2.45, 2.75) is 58.1 Å². The van der Waals surface area contributed by atoms with Crippen LogP contribution in [0.25, 0.3) is 0 Å². The Morgan fingerprint density at radius 2 is 1.90 bits per heavy atom. The maximum Gasteiger partial charge on any atom is 0.407 e. The van der Waals surface area contributed by atoms with Gasteiger partial charge in [0.05, 0.1) is 12.0 Å². The van der Waals surface area contributed by atoms with Crippen LogP contribution in [0, 0.1) is 16.0 Å². The van der Waals surface area contributed by atoms with Crippen LogP contribution in [-0.4, -0.2) is 58.8 Å². The Morgan fingerprint density at radius 3 is 2.48 bits per heavy atom. The highest BCUT2D eigenvalue weighted by atomic mass is 16.6. The Balaban J connectivity index is 1.87. The third kappa shape index (κ3) is 8.22. The van der Waals surface area contributed by atoms with Crippen molar-refractivity contribution in [1.82, 2.24) is 15.3 Å². The lowest BCUT2D eigenvalue weighted by atomic mass is 9.86. The lowest BCUT2D eigenvalue weighted by Gasteiger charge is -2.30. The number of nitrogens with one attached hydrogen (secondary N) is 3. The van der Waals surface area contributed by atoms with Gasteiger partial charge in [0.15, 0.2) is 0 Å². The average Bonchev–Trinajstić information content (AvgIpc) is 2.69. The zero-order valence-electron chi connectivity index (χ0n) is 18.3. The number of amides is 1. The molecule has 1 fully saturated rings. The SMILES string of the molecule is COC(=O)CNc1ncc([N+](=O)[O-])c(NC[C@H]2CC[C@H](NC(=O)OC(C)(C)C)CC2)n1. The fourth-order valence-corrected chi connectivity index (χ4v) is 3.17. The molecule has 0 atom stereocenters. The molecule has 0 bridgehead atoms. The summed E-state index contributed by atoms with van der Waals surface area (Å²) in [6.45, 7) is 5.80. The fraction of sp³-hybridized carbons (Fsp3) is 0.684. The minimum Gasteiger partial charge on any atom is -0.468 e. The van der Waals surface area contributed by atoms with Crippen molar-refractivity contribution in [1.29, 1.82) is 0 Å². The van der Waals surface area contributed by atoms with Crippen molar-refractivity contribution in [2.75, 3.05) is 30.8 Å². The number of rotatable bonds is 8. The third-order valence-corrected chi connectivity index (χ3v) is 4.71. The smallest absolute Gasteiger partial charge is 0.407 e. The van der Waals surface area contributed by atoms with Crippen LogP contribution >= 0.6 is 0 Å². The van der Waals surface area contributed by atoms with E-state index in [9.17, 15) is 19.7 Å². The number of carbonyl (C=O) groups excluding carboxylic acids is 2. The molecule has 12 heteroatoms. The highest BCUT2D eigenvalue weighted by molar-refractivity contribution is 5.74. The minimum atomic E-state index is -0.561. The molecule has 0 unspecified atom stereocenters. The van der Waals surface area contributed by atoms with Crippen LogP contribution in [0.1, 0.15) is 46.5 Å². The molecular formula is C19H30N6O6. The first kappa shape index (κ1) is 24.1. The number of anilines is 2. The van der Waals surface area contributed by atoms with Gasteiger partial charge in [-0.1, -0.05) is 0 Å². The van der Waals surface area contributed by atoms with E-state index in [1.165, 1.54) is 7.11 Å². The number of carbonyl (C=O) groups is 2. The second-order valence-corrected chi connectivity index (χ2v) is 8.36. The topological polar surface area (TPSA) is 158 Å². The Labute approximate surface area is 180 Å². The number of hydrogen-bond acceptors (Lipinski definition) is 10. The first-order valence-electron chi connectivity index (χ1n) is 10.1. The molecule has 31 heavy (non-hydrogen) atoms. The van der Waals surface area contributed by atoms with Crippen LogP contribution in [0.4, 0.5) is 22.2 Å². The molecule has 0 saturated heterocycles. The molecule has 0 aromatic carbocycles. The Hall–Kier alpha value is -3.18. The van der Waals surface area contributed by atoms with Crippen LogP contribution in [0.3, 0.4) is 0 Å². The predicted octanol–water partition coefficient (Wildman–Crippen LogP) is 2.47. The maximum absolute atomic E-state index is 11.9. The van der Waals surface area contributed by atoms with E-state index in [2.05, 4.69) is 30.7 Å². The Bertz CT molecular complexity index is 789. The summed E-state index contributed by atoms with van der Waals surface area (Å²) in [7, 11) is 1.26. The van der Waals surface area contributed by atoms with Gasteiger partial charge in [-0.3, -0.25) is 14.9 Å². The van der Waals surface area contributed by atoms with Crippen LogP contribution in [0.15, 0.2) is 6.20 Å². The zero-order chi connectivity index (χ0) is 23.0. The van der Waals surface area contributed by atoms with E-state index in [4.69, 9.17) is 4.74 Å². The summed E-state index contributed by atoms with van der Waals surface area (Å²) >= 11 is 0. The number of hydrogen-bond donors (Lipinski definition) is 3. The van der Waals surface area contributed by atoms with Gasteiger partial charge < -0.3 is 25.4 Å². The molecule has 1 amide bonds. The second-order valence-electron chi connectivity index (χ2n) is 8.36. The van der Waals surface area contributed by atoms with Gasteiger partial charge in [-0.05, 0) is 52.4 Å². The van der Waals surface area contributed by atoms with Crippen molar-refractivity contribution in [3.8, 4) is 0 Å². The van der Waals surface area contributed by atoms with E-state index in [0.717, 1.165) is 31.9 Å². The van der Waals surface area contributed by atoms with Gasteiger partial charge >= 0.3 is 17.7 Å². The fourth-order valence-electron chi connectivity index (χ4n) is 3.17. The van der Waals surface area contributed by atoms with Crippen LogP contribution in [-0.2, 0) is 14.3 Å². The average molecular weight is 438 g/mol. The van der Waals surface area contributed by atoms with Gasteiger partial charge in [-0.15, -0.1) is 0 Å². The highest BCUT2D eigenvalue weighted by Crippen LogP contribution is 2.27. The van der Waals surface area contributed by atoms with Crippen molar-refractivity contribution in [3.05, 3.63) is 16.3 Å². The molecule has 1 aromatic heterocycles. The molecule has 2 rings (SSSR count). The summed E-state index contributed by atoms with van der Waals surface area (Å²) < 4.78 is 9.82. The molecule has 1 aliphatic carbocycles. The summed E-state index contributed by atoms with van der Waals surface area (Å²) in [5, 5.41) is 19.9. The van der Waals surface area contributed by atoms with Crippen molar-refractivity contribution in [2.24, 2.45) is 5.92 Å². The van der Waals surface area contributed by atoms with Crippen molar-refractivity contribution >= 4 is 29.5 Å². The monoisotopic (exact) mass is 438 g/mol. The van der Waals surface area contributed by atoms with Gasteiger partial charge in [-0.2, -0.15) is 4.98 Å². The molecule has 1 aromatic rings. The Kier molecular flexibility index (Phi) is 8.34. The summed E-state index contributed by atoms with van der Waals surface area (Å²) in [5.74, 6) is -0.0592. The quantitative estimate of drug-likeness (QED) is 0.313. The third-order valence-electron chi connectivity index (χ3n) is 4.71. The normalized spacial score (nSPS) is 18.6. The largest absolute Gasteiger partial charge is 0.468 e. The molecule has 0 aliphatic heterocycles. The summed E-state index contributed by atoms with van der Waals surface area (Å²) in [4.78, 5) is 41.8. The standard InChI is InChI=1S/C19H30N6O6/c1-19(2,3)31-18(27)23-13-7-5-12(6-8-13)9-20-16-14(25(28)29)10-21-17(24-16)22-11-15(26)30-4/h10,12-13H,5-9,11H2,1-4H3,(H,23,27)(H2,20,21,22,24)/t12-,13-. The molecule has 3 N–H and O–H groups in total. The highest BCUT2D eigenvalue weighted by Gasteiger charge is 2.26. The number of aromatic nitrogens is 2. The van der Waals surface area contributed by atoms with Crippen LogP contribution in [0.5, 0.6) is 0 Å². The van der Waals surface area contributed by atoms with E-state index in [1.54, 1.807) is 0 Å². The lowest BCUT2D eigenvalue weighted by Crippen LogP contribution is -2.41. The van der Waals surface area contributed by atoms with Gasteiger partial charge in [0.1, 0.15) is 18.3 Å². The first-order valence-corrected chi connectivity index (χ1v) is 10.1. The van der Waals surface area contributed by atoms with E-state index < -0.39 is 22.6 Å². The van der Waals surface area contributed by atoms with Gasteiger partial charge in [0, 0.05) is 12.6 Å². The first-order chi connectivity index (χ1) is 14.6. The van der Waals surface area contributed by atoms with E-state index in [-0.39, 0.29) is 36.0 Å². The lowest BCUT2D eigenvalue weighted by molar-refractivity contribution is -0.384. The summed E-state index contributed by atoms with van der Waals surface area (Å²) in [6.07, 6.45) is 3.96. The van der Waals surface area contributed by atoms with Crippen LogP contribution in [0.2, 0.25) is 0 Å². The van der Waals surface area contributed by atoms with Crippen molar-refractivity contribution < 1.29 is 24.0 Å². The maximum atomic E-state index is 11.9. The number of alkyl carbamates (subject to hydrolysis) is 1. The van der Waals surface area contributed by atoms with Gasteiger partial charge in [0.25, 0.3) is 0 Å². The number of methoxy groups -OCH3 is 1. The van der Waals surface area contributed by atoms with E-state index in [0.29, 0.717) is 6.54 Å². The van der Waals surface area contributed by atoms with E-state index in [1.807, 2.05) is 20.8 Å². The molecule has 1 aliphatic rings. The van der Waals surface area contributed by atoms with E-state index >= 15 is 0 Å². The zero-order valence-corrected chi connectivity index (χ0v) is 18.3. The molecule has 1 heterocycles. The molecule has 0 spiro atoms. The number of ether oxygens (including phenoxy) is 2. The Morgan fingerprint density at radius 1 is 1.23 bits per heavy atom. The molecule has 1 saturated carbocycles. The number of nitrogens with zero attached hydrogens (tertiary/aromatic N) is 3. The molecule has 12 nitrogen and oxygen atoms in total. The number of nitro groups is 1. The summed E-state index contributed by atoms with van der Waals surface area (Å²) in [6, 6.07) is 0.0496. The minimum absolute atomic E-state index is 0.0496. The molecule has 172 valence electrons. The van der Waals surface area contributed by atoms with Gasteiger partial charge in [-0.25, -0.2) is 9.78 Å². The number of esters is 1. The summed E-state index contributed by atoms with van der Waals surface area (Å²) in [5.41, 5.74) is -0.786. The molecular weight excluding hydrogens is 408 g/mol. The van der Waals surface area contributed by atoms with Crippen LogP contribution < -0.4 is 16.0 Å². The molecule has 0 radical (unpaired) electrons. The predicted molar refractivity (Wildman–Crippen MR) is 113 cm³/mol. The van der Waals surface area contributed by atoms with Gasteiger partial charge in [0.2, 0.25) is 11.8 Å². The van der Waals surface area contributed by atoms with Crippen molar-refractivity contribution in [3.63, 3.8) is 0 Å². The second kappa shape index (κ2) is 10.7.